The van der Waals surface area contributed by atoms with Crippen molar-refractivity contribution < 1.29 is 18.9 Å². The van der Waals surface area contributed by atoms with Gasteiger partial charge in [0, 0.05) is 21.9 Å². The lowest BCUT2D eigenvalue weighted by molar-refractivity contribution is 0.283. The maximum absolute atomic E-state index is 7.03. The summed E-state index contributed by atoms with van der Waals surface area (Å²) in [6.45, 7) is 46.0. The van der Waals surface area contributed by atoms with Gasteiger partial charge in [0.25, 0.3) is 0 Å². The van der Waals surface area contributed by atoms with E-state index < -0.39 is 6.17 Å². The van der Waals surface area contributed by atoms with Crippen molar-refractivity contribution in [3.05, 3.63) is 225 Å². The minimum atomic E-state index is -0.687. The van der Waals surface area contributed by atoms with Crippen molar-refractivity contribution in [3.63, 3.8) is 0 Å². The van der Waals surface area contributed by atoms with E-state index in [0.29, 0.717) is 97.1 Å². The SMILES string of the molecule is CC(C)(C)CC(C)(C)c1ccc(Oc2cccc3c2C2=N/C3=N\c3[nH]c(c4cccc(Oc5ccc(C(C)(C)CC(C)(C)C)cc5)c34)/N=C3\NC(/N=c4\[nH]c(c5cccc(Oc6ccc(C(C)(C)CC(C)(C)C)cc6)c45)=N2)c2cccc(Oc4ccc(C(C)(C)CC(C)(C)C)cc4)c23)cc1. The Morgan fingerprint density at radius 2 is 0.720 bits per heavy atom. The number of aromatic amines is 2. The van der Waals surface area contributed by atoms with Crippen molar-refractivity contribution in [3.8, 4) is 46.0 Å². The number of benzene rings is 8. The van der Waals surface area contributed by atoms with Crippen LogP contribution in [0.25, 0.3) is 21.5 Å². The molecule has 0 saturated carbocycles. The van der Waals surface area contributed by atoms with Crippen LogP contribution in [0.4, 0.5) is 11.6 Å². The monoisotopic (exact) mass is 1330 g/mol. The minimum Gasteiger partial charge on any atom is -0.457 e. The number of nitrogens with zero attached hydrogens (tertiary/aromatic N) is 5. The van der Waals surface area contributed by atoms with Gasteiger partial charge < -0.3 is 34.2 Å². The zero-order chi connectivity index (χ0) is 71.3. The minimum absolute atomic E-state index is 0.0538. The highest BCUT2D eigenvalue weighted by Gasteiger charge is 2.36. The Morgan fingerprint density at radius 3 is 1.17 bits per heavy atom. The van der Waals surface area contributed by atoms with E-state index in [2.05, 4.69) is 269 Å². The summed E-state index contributed by atoms with van der Waals surface area (Å²) in [7, 11) is 0. The molecule has 0 aliphatic carbocycles. The topological polar surface area (TPSA) is 142 Å². The lowest BCUT2D eigenvalue weighted by Crippen LogP contribution is -2.24. The molecule has 5 heterocycles. The van der Waals surface area contributed by atoms with Crippen LogP contribution in [0.5, 0.6) is 46.0 Å². The van der Waals surface area contributed by atoms with E-state index in [-0.39, 0.29) is 43.3 Å². The first kappa shape index (κ1) is 69.0. The van der Waals surface area contributed by atoms with E-state index in [9.17, 15) is 0 Å². The molecule has 0 fully saturated rings. The molecular weight excluding hydrogens is 1230 g/mol. The van der Waals surface area contributed by atoms with Crippen LogP contribution in [-0.4, -0.2) is 27.5 Å². The van der Waals surface area contributed by atoms with Gasteiger partial charge in [-0.25, -0.2) is 25.0 Å². The molecule has 1 atom stereocenters. The summed E-state index contributed by atoms with van der Waals surface area (Å²) in [6.07, 6.45) is 3.39. The van der Waals surface area contributed by atoms with Crippen LogP contribution in [0.1, 0.15) is 215 Å². The zero-order valence-corrected chi connectivity index (χ0v) is 62.4. The van der Waals surface area contributed by atoms with E-state index in [0.717, 1.165) is 58.5 Å². The number of hydrogen-bond acceptors (Lipinski definition) is 10. The molecule has 516 valence electrons. The lowest BCUT2D eigenvalue weighted by atomic mass is 9.72. The van der Waals surface area contributed by atoms with Gasteiger partial charge in [-0.15, -0.1) is 0 Å². The predicted molar refractivity (Wildman–Crippen MR) is 411 cm³/mol. The maximum atomic E-state index is 7.03. The van der Waals surface area contributed by atoms with Crippen LogP contribution >= 0.6 is 0 Å². The van der Waals surface area contributed by atoms with Gasteiger partial charge in [0.05, 0.1) is 21.9 Å². The van der Waals surface area contributed by atoms with Gasteiger partial charge in [-0.1, -0.05) is 236 Å². The number of aromatic nitrogens is 2. The summed E-state index contributed by atoms with van der Waals surface area (Å²) < 4.78 is 28.1. The quantitative estimate of drug-likeness (QED) is 0.0883. The van der Waals surface area contributed by atoms with Gasteiger partial charge >= 0.3 is 0 Å². The van der Waals surface area contributed by atoms with E-state index >= 15 is 0 Å². The van der Waals surface area contributed by atoms with Crippen LogP contribution < -0.4 is 35.2 Å². The number of hydrogen-bond donors (Lipinski definition) is 3. The number of amidine groups is 3. The smallest absolute Gasteiger partial charge is 0.168 e. The molecule has 0 saturated heterocycles. The molecule has 8 bridgehead atoms. The molecule has 8 aromatic carbocycles. The average molecular weight is 1330 g/mol. The highest BCUT2D eigenvalue weighted by atomic mass is 16.5. The fourth-order valence-electron chi connectivity index (χ4n) is 16.5. The standard InChI is InChI=1S/C88H100N8O4/c1-81(2,3)49-85(13,14)53-33-41-57(42-34-53)97-65-29-21-25-61-69(65)77-89-73(61)94-78-71-63(27-23-31-67(71)99-59-45-37-55(38-46-59)87(17,18)51-83(7,8)9)75(91-78)96-80-72-64(28-24-32-68(72)100-60-47-39-56(40-48-60)88(19,20)52-84(10,11)12)76(92-80)95-79-70-62(74(90-79)93-77)26-22-30-66(70)98-58-43-35-54(36-44-58)86(15,16)50-82(4,5)6/h21-48,73,90H,49-52H2,1-20H3,(H,89,93)(H,91,92,94,95,96). The highest BCUT2D eigenvalue weighted by molar-refractivity contribution is 6.25. The van der Waals surface area contributed by atoms with Gasteiger partial charge in [-0.3, -0.25) is 0 Å². The van der Waals surface area contributed by atoms with E-state index in [1.807, 2.05) is 54.6 Å². The number of aliphatic imine (C=N–C) groups is 3. The molecule has 0 amide bonds. The van der Waals surface area contributed by atoms with E-state index in [1.165, 1.54) is 22.3 Å². The second-order valence-corrected chi connectivity index (χ2v) is 35.5. The zero-order valence-electron chi connectivity index (χ0n) is 62.4. The van der Waals surface area contributed by atoms with Crippen LogP contribution in [0, 0.1) is 21.7 Å². The number of rotatable bonds is 16. The normalized spacial score (nSPS) is 16.5. The third-order valence-electron chi connectivity index (χ3n) is 19.3. The summed E-state index contributed by atoms with van der Waals surface area (Å²) in [5.74, 6) is 7.53. The molecule has 1 unspecified atom stereocenters. The Morgan fingerprint density at radius 1 is 0.330 bits per heavy atom. The number of ether oxygens (including phenoxy) is 4. The molecule has 3 aliphatic rings. The summed E-state index contributed by atoms with van der Waals surface area (Å²) in [5.41, 5.74) is 9.42. The van der Waals surface area contributed by atoms with Crippen LogP contribution in [0.3, 0.4) is 0 Å². The van der Waals surface area contributed by atoms with Crippen molar-refractivity contribution >= 4 is 50.7 Å². The molecular formula is C88H100N8O4. The first-order valence-corrected chi connectivity index (χ1v) is 35.6. The molecule has 10 aromatic rings. The fourth-order valence-corrected chi connectivity index (χ4v) is 16.5. The Bertz CT molecular complexity index is 4990. The van der Waals surface area contributed by atoms with Gasteiger partial charge in [0.2, 0.25) is 0 Å². The van der Waals surface area contributed by atoms with E-state index in [1.54, 1.807) is 0 Å². The Labute approximate surface area is 591 Å². The van der Waals surface area contributed by atoms with Gasteiger partial charge in [0.15, 0.2) is 11.7 Å². The summed E-state index contributed by atoms with van der Waals surface area (Å²) in [4.78, 5) is 35.3. The first-order valence-electron chi connectivity index (χ1n) is 35.6. The molecule has 0 radical (unpaired) electrons. The van der Waals surface area contributed by atoms with Gasteiger partial charge in [0.1, 0.15) is 80.6 Å². The second-order valence-electron chi connectivity index (χ2n) is 35.5. The number of H-pyrrole nitrogens is 2. The maximum Gasteiger partial charge on any atom is 0.168 e. The third kappa shape index (κ3) is 14.7. The molecule has 3 aliphatic heterocycles. The summed E-state index contributed by atoms with van der Waals surface area (Å²) in [5, 5.41) is 6.82. The number of nitrogens with one attached hydrogen (secondary N) is 3. The fraction of sp³-hybridized carbons (Fsp3) is 0.375. The highest BCUT2D eigenvalue weighted by Crippen LogP contribution is 2.48. The van der Waals surface area contributed by atoms with Crippen molar-refractivity contribution in [2.45, 2.75) is 192 Å². The summed E-state index contributed by atoms with van der Waals surface area (Å²) >= 11 is 0. The molecule has 12 nitrogen and oxygen atoms in total. The largest absolute Gasteiger partial charge is 0.457 e. The van der Waals surface area contributed by atoms with Crippen LogP contribution in [-0.2, 0) is 21.7 Å². The third-order valence-corrected chi connectivity index (χ3v) is 19.3. The van der Waals surface area contributed by atoms with Gasteiger partial charge in [-0.05, 0) is 164 Å². The van der Waals surface area contributed by atoms with Crippen molar-refractivity contribution in [2.24, 2.45) is 46.6 Å². The Kier molecular flexibility index (Phi) is 17.4. The lowest BCUT2D eigenvalue weighted by Gasteiger charge is -2.33. The van der Waals surface area contributed by atoms with Crippen molar-refractivity contribution in [2.75, 3.05) is 0 Å². The number of fused-ring (bicyclic) bond motifs is 19. The van der Waals surface area contributed by atoms with Crippen LogP contribution in [0.2, 0.25) is 0 Å². The predicted octanol–water partition coefficient (Wildman–Crippen LogP) is 23.1. The van der Waals surface area contributed by atoms with E-state index in [4.69, 9.17) is 43.9 Å². The average Bonchev–Trinajstić information content (AvgIpc) is 1.59. The molecule has 3 N–H and O–H groups in total. The van der Waals surface area contributed by atoms with Crippen molar-refractivity contribution in [1.29, 1.82) is 0 Å². The molecule has 13 rings (SSSR count). The van der Waals surface area contributed by atoms with Crippen LogP contribution in [0.15, 0.2) is 195 Å². The Hall–Kier alpha value is -9.55. The van der Waals surface area contributed by atoms with Crippen molar-refractivity contribution in [1.82, 2.24) is 15.3 Å². The first-order chi connectivity index (χ1) is 46.9. The Balaban J connectivity index is 1.01. The van der Waals surface area contributed by atoms with Gasteiger partial charge in [-0.2, -0.15) is 0 Å². The molecule has 12 heteroatoms. The molecule has 0 spiro atoms. The molecule has 100 heavy (non-hydrogen) atoms. The summed E-state index contributed by atoms with van der Waals surface area (Å²) in [6, 6.07) is 58.2. The molecule has 2 aromatic heterocycles. The second kappa shape index (κ2) is 25.3.